The second-order valence-corrected chi connectivity index (χ2v) is 5.20. The van der Waals surface area contributed by atoms with E-state index in [0.717, 1.165) is 4.90 Å². The number of carboxylic acid groups (broad SMARTS) is 1. The third-order valence-electron chi connectivity index (χ3n) is 2.86. The van der Waals surface area contributed by atoms with E-state index in [4.69, 9.17) is 5.11 Å². The minimum Gasteiger partial charge on any atom is -0.465 e. The summed E-state index contributed by atoms with van der Waals surface area (Å²) < 4.78 is 38.3. The predicted molar refractivity (Wildman–Crippen MR) is 55.8 cm³/mol. The molecule has 0 bridgehead atoms. The maximum Gasteiger partial charge on any atom is 0.408 e. The summed E-state index contributed by atoms with van der Waals surface area (Å²) in [4.78, 5) is 12.0. The highest BCUT2D eigenvalue weighted by atomic mass is 19.4. The molecule has 1 amide bonds. The van der Waals surface area contributed by atoms with Gasteiger partial charge in [-0.25, -0.2) is 4.79 Å². The van der Waals surface area contributed by atoms with Gasteiger partial charge in [-0.05, 0) is 20.8 Å². The third kappa shape index (κ3) is 3.02. The van der Waals surface area contributed by atoms with E-state index < -0.39 is 29.8 Å². The van der Waals surface area contributed by atoms with Crippen molar-refractivity contribution < 1.29 is 23.1 Å². The molecule has 17 heavy (non-hydrogen) atoms. The standard InChI is InChI=1S/C10H17F3N2O2/c1-9(2,3)15(8(16)17)7-5-14-4-6(7)10(11,12)13/h6-7,14H,4-5H2,1-3H3,(H,16,17)/t6-,7-/m1/s1. The Balaban J connectivity index is 2.99. The van der Waals surface area contributed by atoms with Gasteiger partial charge in [0.1, 0.15) is 0 Å². The van der Waals surface area contributed by atoms with Crippen LogP contribution in [0.2, 0.25) is 0 Å². The molecule has 1 heterocycles. The Bertz CT molecular complexity index is 299. The number of carbonyl (C=O) groups is 1. The SMILES string of the molecule is CC(C)(C)N(C(=O)O)[C@@H]1CNC[C@H]1C(F)(F)F. The van der Waals surface area contributed by atoms with Gasteiger partial charge in [0, 0.05) is 18.6 Å². The Hall–Kier alpha value is -0.980. The molecule has 100 valence electrons. The van der Waals surface area contributed by atoms with Crippen LogP contribution in [0, 0.1) is 5.92 Å². The van der Waals surface area contributed by atoms with E-state index in [2.05, 4.69) is 5.32 Å². The molecule has 1 saturated heterocycles. The van der Waals surface area contributed by atoms with Crippen LogP contribution in [-0.4, -0.2) is 46.9 Å². The minimum absolute atomic E-state index is 0.0355. The minimum atomic E-state index is -4.38. The van der Waals surface area contributed by atoms with E-state index in [-0.39, 0.29) is 13.1 Å². The number of hydrogen-bond donors (Lipinski definition) is 2. The fourth-order valence-corrected chi connectivity index (χ4v) is 2.20. The zero-order valence-corrected chi connectivity index (χ0v) is 10.0. The van der Waals surface area contributed by atoms with Gasteiger partial charge in [0.15, 0.2) is 0 Å². The van der Waals surface area contributed by atoms with Crippen LogP contribution in [0.5, 0.6) is 0 Å². The second-order valence-electron chi connectivity index (χ2n) is 5.20. The summed E-state index contributed by atoms with van der Waals surface area (Å²) in [6.07, 6.45) is -5.70. The first kappa shape index (κ1) is 14.1. The lowest BCUT2D eigenvalue weighted by Gasteiger charge is -2.40. The maximum absolute atomic E-state index is 12.8. The molecule has 0 aliphatic carbocycles. The molecule has 1 fully saturated rings. The van der Waals surface area contributed by atoms with Gasteiger partial charge in [-0.3, -0.25) is 4.90 Å². The zero-order valence-electron chi connectivity index (χ0n) is 10.0. The van der Waals surface area contributed by atoms with Crippen molar-refractivity contribution in [2.75, 3.05) is 13.1 Å². The molecule has 1 aliphatic heterocycles. The summed E-state index contributed by atoms with van der Waals surface area (Å²) in [5.74, 6) is -1.64. The smallest absolute Gasteiger partial charge is 0.408 e. The quantitative estimate of drug-likeness (QED) is 0.751. The monoisotopic (exact) mass is 254 g/mol. The number of alkyl halides is 3. The average Bonchev–Trinajstić information content (AvgIpc) is 2.47. The van der Waals surface area contributed by atoms with Crippen LogP contribution >= 0.6 is 0 Å². The largest absolute Gasteiger partial charge is 0.465 e. The van der Waals surface area contributed by atoms with Crippen molar-refractivity contribution >= 4 is 6.09 Å². The lowest BCUT2D eigenvalue weighted by atomic mass is 9.96. The Morgan fingerprint density at radius 1 is 1.29 bits per heavy atom. The maximum atomic E-state index is 12.8. The lowest BCUT2D eigenvalue weighted by Crippen LogP contribution is -2.56. The molecule has 0 spiro atoms. The molecule has 1 aliphatic rings. The van der Waals surface area contributed by atoms with Crippen LogP contribution in [0.15, 0.2) is 0 Å². The van der Waals surface area contributed by atoms with Gasteiger partial charge in [-0.2, -0.15) is 13.2 Å². The van der Waals surface area contributed by atoms with E-state index in [0.29, 0.717) is 0 Å². The van der Waals surface area contributed by atoms with Crippen LogP contribution < -0.4 is 5.32 Å². The van der Waals surface area contributed by atoms with Gasteiger partial charge in [-0.1, -0.05) is 0 Å². The highest BCUT2D eigenvalue weighted by Crippen LogP contribution is 2.35. The van der Waals surface area contributed by atoms with Crippen LogP contribution in [0.3, 0.4) is 0 Å². The summed E-state index contributed by atoms with van der Waals surface area (Å²) in [5.41, 5.74) is -0.855. The molecule has 0 saturated carbocycles. The molecule has 4 nitrogen and oxygen atoms in total. The summed E-state index contributed by atoms with van der Waals surface area (Å²) in [7, 11) is 0. The highest BCUT2D eigenvalue weighted by Gasteiger charge is 2.52. The first-order valence-electron chi connectivity index (χ1n) is 5.35. The van der Waals surface area contributed by atoms with E-state index in [9.17, 15) is 18.0 Å². The van der Waals surface area contributed by atoms with Crippen molar-refractivity contribution in [2.24, 2.45) is 5.92 Å². The van der Waals surface area contributed by atoms with Gasteiger partial charge in [-0.15, -0.1) is 0 Å². The normalized spacial score (nSPS) is 26.0. The Labute approximate surface area is 97.8 Å². The zero-order chi connectivity index (χ0) is 13.4. The van der Waals surface area contributed by atoms with Gasteiger partial charge in [0.2, 0.25) is 0 Å². The van der Waals surface area contributed by atoms with Crippen LogP contribution in [0.4, 0.5) is 18.0 Å². The number of amides is 1. The molecular formula is C10H17F3N2O2. The van der Waals surface area contributed by atoms with E-state index >= 15 is 0 Å². The molecular weight excluding hydrogens is 237 g/mol. The molecule has 0 aromatic carbocycles. The molecule has 0 aromatic heterocycles. The van der Waals surface area contributed by atoms with Crippen molar-refractivity contribution in [3.63, 3.8) is 0 Å². The Kier molecular flexibility index (Phi) is 3.61. The fraction of sp³-hybridized carbons (Fsp3) is 0.900. The van der Waals surface area contributed by atoms with Gasteiger partial charge in [0.25, 0.3) is 0 Å². The van der Waals surface area contributed by atoms with Crippen molar-refractivity contribution in [1.29, 1.82) is 0 Å². The molecule has 7 heteroatoms. The molecule has 0 aromatic rings. The molecule has 1 rings (SSSR count). The number of rotatable bonds is 1. The van der Waals surface area contributed by atoms with Crippen molar-refractivity contribution in [3.8, 4) is 0 Å². The summed E-state index contributed by atoms with van der Waals surface area (Å²) in [6.45, 7) is 4.58. The van der Waals surface area contributed by atoms with E-state index in [1.807, 2.05) is 0 Å². The van der Waals surface area contributed by atoms with Crippen LogP contribution in [-0.2, 0) is 0 Å². The lowest BCUT2D eigenvalue weighted by molar-refractivity contribution is -0.182. The fourth-order valence-electron chi connectivity index (χ4n) is 2.20. The molecule has 0 unspecified atom stereocenters. The first-order valence-corrected chi connectivity index (χ1v) is 5.35. The van der Waals surface area contributed by atoms with Crippen molar-refractivity contribution in [1.82, 2.24) is 10.2 Å². The topological polar surface area (TPSA) is 52.6 Å². The number of halogens is 3. The van der Waals surface area contributed by atoms with E-state index in [1.54, 1.807) is 20.8 Å². The summed E-state index contributed by atoms with van der Waals surface area (Å²) in [6, 6.07) is -1.06. The van der Waals surface area contributed by atoms with Gasteiger partial charge >= 0.3 is 12.3 Å². The number of hydrogen-bond acceptors (Lipinski definition) is 2. The van der Waals surface area contributed by atoms with Gasteiger partial charge < -0.3 is 10.4 Å². The molecule has 2 N–H and O–H groups in total. The number of nitrogens with zero attached hydrogens (tertiary/aromatic N) is 1. The first-order chi connectivity index (χ1) is 7.55. The van der Waals surface area contributed by atoms with Crippen molar-refractivity contribution in [3.05, 3.63) is 0 Å². The predicted octanol–water partition coefficient (Wildman–Crippen LogP) is 1.92. The average molecular weight is 254 g/mol. The Morgan fingerprint density at radius 3 is 2.18 bits per heavy atom. The van der Waals surface area contributed by atoms with E-state index in [1.165, 1.54) is 0 Å². The molecule has 2 atom stereocenters. The van der Waals surface area contributed by atoms with Crippen LogP contribution in [0.25, 0.3) is 0 Å². The number of nitrogens with one attached hydrogen (secondary N) is 1. The highest BCUT2D eigenvalue weighted by molar-refractivity contribution is 5.66. The Morgan fingerprint density at radius 2 is 1.82 bits per heavy atom. The third-order valence-corrected chi connectivity index (χ3v) is 2.86. The van der Waals surface area contributed by atoms with Crippen LogP contribution in [0.1, 0.15) is 20.8 Å². The van der Waals surface area contributed by atoms with Crippen molar-refractivity contribution in [2.45, 2.75) is 38.5 Å². The molecule has 0 radical (unpaired) electrons. The summed E-state index contributed by atoms with van der Waals surface area (Å²) in [5, 5.41) is 11.7. The summed E-state index contributed by atoms with van der Waals surface area (Å²) >= 11 is 0. The van der Waals surface area contributed by atoms with Gasteiger partial charge in [0.05, 0.1) is 12.0 Å². The second kappa shape index (κ2) is 4.36.